The van der Waals surface area contributed by atoms with Crippen molar-refractivity contribution in [3.63, 3.8) is 0 Å². The van der Waals surface area contributed by atoms with Crippen molar-refractivity contribution in [3.05, 3.63) is 18.5 Å². The molecule has 1 aliphatic rings. The lowest BCUT2D eigenvalue weighted by Crippen LogP contribution is -2.48. The molecule has 1 atom stereocenters. The number of nitrogens with two attached hydrogens (primary N) is 1. The molecule has 4 N–H and O–H groups in total. The smallest absolute Gasteiger partial charge is 0.207 e. The molecule has 80 valence electrons. The highest BCUT2D eigenvalue weighted by molar-refractivity contribution is 6.06. The maximum absolute atomic E-state index is 5.63. The summed E-state index contributed by atoms with van der Waals surface area (Å²) in [6.07, 6.45) is 3.61. The highest BCUT2D eigenvalue weighted by Crippen LogP contribution is 2.11. The number of aromatic amines is 1. The van der Waals surface area contributed by atoms with E-state index in [9.17, 15) is 0 Å². The summed E-state index contributed by atoms with van der Waals surface area (Å²) in [5.41, 5.74) is 6.65. The van der Waals surface area contributed by atoms with E-state index in [0.717, 1.165) is 5.69 Å². The van der Waals surface area contributed by atoms with Crippen LogP contribution in [0.1, 0.15) is 6.92 Å². The van der Waals surface area contributed by atoms with E-state index < -0.39 is 0 Å². The molecule has 0 bridgehead atoms. The average molecular weight is 206 g/mol. The van der Waals surface area contributed by atoms with Crippen molar-refractivity contribution >= 4 is 17.6 Å². The number of hydrogen-bond donors (Lipinski definition) is 3. The second-order valence-corrected chi connectivity index (χ2v) is 3.35. The molecule has 0 radical (unpaired) electrons. The van der Waals surface area contributed by atoms with Crippen molar-refractivity contribution < 1.29 is 0 Å². The third-order valence-corrected chi connectivity index (χ3v) is 2.16. The molecular formula is C9H14N6. The van der Waals surface area contributed by atoms with Gasteiger partial charge in [-0.05, 0) is 13.0 Å². The van der Waals surface area contributed by atoms with Crippen LogP contribution in [-0.2, 0) is 0 Å². The molecule has 0 saturated carbocycles. The molecule has 0 spiro atoms. The van der Waals surface area contributed by atoms with Gasteiger partial charge in [0.1, 0.15) is 6.17 Å². The van der Waals surface area contributed by atoms with Gasteiger partial charge in [-0.15, -0.1) is 0 Å². The van der Waals surface area contributed by atoms with Crippen LogP contribution in [0, 0.1) is 0 Å². The van der Waals surface area contributed by atoms with Crippen LogP contribution < -0.4 is 16.0 Å². The molecule has 1 unspecified atom stereocenters. The van der Waals surface area contributed by atoms with Gasteiger partial charge in [-0.3, -0.25) is 5.32 Å². The van der Waals surface area contributed by atoms with E-state index in [1.54, 1.807) is 0 Å². The number of hydrogen-bond acceptors (Lipinski definition) is 5. The number of nitrogens with one attached hydrogen (secondary N) is 2. The van der Waals surface area contributed by atoms with Crippen molar-refractivity contribution in [2.45, 2.75) is 13.1 Å². The lowest BCUT2D eigenvalue weighted by molar-refractivity contribution is 0.760. The minimum atomic E-state index is -0.136. The van der Waals surface area contributed by atoms with Gasteiger partial charge < -0.3 is 15.6 Å². The van der Waals surface area contributed by atoms with Gasteiger partial charge >= 0.3 is 0 Å². The summed E-state index contributed by atoms with van der Waals surface area (Å²) in [4.78, 5) is 13.3. The fourth-order valence-corrected chi connectivity index (χ4v) is 1.40. The predicted molar refractivity (Wildman–Crippen MR) is 60.9 cm³/mol. The standard InChI is InChI=1S/C9H14N6/c1-6-12-8(10)14-9(13-6)15(2)7-3-4-11-5-7/h3-6,11H,1-2H3,(H3,10,12,13,14). The van der Waals surface area contributed by atoms with Crippen LogP contribution in [0.3, 0.4) is 0 Å². The zero-order chi connectivity index (χ0) is 10.8. The largest absolute Gasteiger partial charge is 0.370 e. The second kappa shape index (κ2) is 3.64. The zero-order valence-corrected chi connectivity index (χ0v) is 8.73. The van der Waals surface area contributed by atoms with Crippen molar-refractivity contribution in [1.82, 2.24) is 10.3 Å². The SMILES string of the molecule is CC1N=C(N)NC(N(C)c2cc[nH]c2)=N1. The Morgan fingerprint density at radius 3 is 2.87 bits per heavy atom. The second-order valence-electron chi connectivity index (χ2n) is 3.35. The number of aromatic nitrogens is 1. The van der Waals surface area contributed by atoms with Crippen LogP contribution >= 0.6 is 0 Å². The molecule has 2 heterocycles. The molecule has 6 nitrogen and oxygen atoms in total. The third kappa shape index (κ3) is 1.93. The number of rotatable bonds is 1. The van der Waals surface area contributed by atoms with E-state index in [1.165, 1.54) is 0 Å². The van der Waals surface area contributed by atoms with Crippen LogP contribution in [0.25, 0.3) is 0 Å². The molecule has 15 heavy (non-hydrogen) atoms. The Balaban J connectivity index is 2.18. The number of guanidine groups is 2. The van der Waals surface area contributed by atoms with E-state index in [0.29, 0.717) is 11.9 Å². The minimum Gasteiger partial charge on any atom is -0.370 e. The van der Waals surface area contributed by atoms with E-state index in [2.05, 4.69) is 20.3 Å². The lowest BCUT2D eigenvalue weighted by atomic mass is 10.4. The van der Waals surface area contributed by atoms with Gasteiger partial charge in [-0.2, -0.15) is 0 Å². The Kier molecular flexibility index (Phi) is 2.32. The summed E-state index contributed by atoms with van der Waals surface area (Å²) >= 11 is 0. The van der Waals surface area contributed by atoms with Gasteiger partial charge in [0, 0.05) is 19.4 Å². The first-order chi connectivity index (χ1) is 7.16. The fraction of sp³-hybridized carbons (Fsp3) is 0.333. The Bertz CT molecular complexity index is 391. The van der Waals surface area contributed by atoms with Crippen molar-refractivity contribution in [2.24, 2.45) is 15.7 Å². The maximum Gasteiger partial charge on any atom is 0.207 e. The fourth-order valence-electron chi connectivity index (χ4n) is 1.40. The summed E-state index contributed by atoms with van der Waals surface area (Å²) in [6.45, 7) is 1.89. The zero-order valence-electron chi connectivity index (χ0n) is 8.73. The van der Waals surface area contributed by atoms with E-state index in [1.807, 2.05) is 37.3 Å². The van der Waals surface area contributed by atoms with Gasteiger partial charge in [0.15, 0.2) is 5.96 Å². The van der Waals surface area contributed by atoms with Crippen molar-refractivity contribution in [2.75, 3.05) is 11.9 Å². The Morgan fingerprint density at radius 1 is 1.47 bits per heavy atom. The monoisotopic (exact) mass is 206 g/mol. The maximum atomic E-state index is 5.63. The molecule has 1 aromatic heterocycles. The summed E-state index contributed by atoms with van der Waals surface area (Å²) in [7, 11) is 1.92. The molecule has 0 aliphatic carbocycles. The molecular weight excluding hydrogens is 192 g/mol. The molecule has 2 rings (SSSR count). The third-order valence-electron chi connectivity index (χ3n) is 2.16. The summed E-state index contributed by atoms with van der Waals surface area (Å²) in [5, 5.41) is 2.92. The molecule has 0 fully saturated rings. The number of aliphatic imine (C=N–C) groups is 2. The summed E-state index contributed by atoms with van der Waals surface area (Å²) in [6, 6.07) is 1.96. The molecule has 6 heteroatoms. The van der Waals surface area contributed by atoms with Crippen LogP contribution in [0.4, 0.5) is 5.69 Å². The topological polar surface area (TPSA) is 81.8 Å². The summed E-state index contributed by atoms with van der Waals surface area (Å²) in [5.74, 6) is 1.10. The molecule has 1 aromatic rings. The quantitative estimate of drug-likeness (QED) is 0.608. The molecule has 1 aliphatic heterocycles. The van der Waals surface area contributed by atoms with E-state index in [4.69, 9.17) is 5.73 Å². The highest BCUT2D eigenvalue weighted by atomic mass is 15.4. The van der Waals surface area contributed by atoms with Gasteiger partial charge in [0.25, 0.3) is 0 Å². The number of anilines is 1. The van der Waals surface area contributed by atoms with Gasteiger partial charge in [-0.1, -0.05) is 0 Å². The first kappa shape index (κ1) is 9.57. The molecule has 0 aromatic carbocycles. The van der Waals surface area contributed by atoms with Crippen LogP contribution in [-0.4, -0.2) is 30.1 Å². The van der Waals surface area contributed by atoms with E-state index in [-0.39, 0.29) is 6.17 Å². The van der Waals surface area contributed by atoms with Crippen molar-refractivity contribution in [3.8, 4) is 0 Å². The Morgan fingerprint density at radius 2 is 2.27 bits per heavy atom. The minimum absolute atomic E-state index is 0.136. The average Bonchev–Trinajstić information content (AvgIpc) is 2.67. The van der Waals surface area contributed by atoms with Gasteiger partial charge in [-0.25, -0.2) is 9.98 Å². The van der Waals surface area contributed by atoms with Crippen LogP contribution in [0.5, 0.6) is 0 Å². The van der Waals surface area contributed by atoms with E-state index >= 15 is 0 Å². The van der Waals surface area contributed by atoms with Gasteiger partial charge in [0.05, 0.1) is 5.69 Å². The lowest BCUT2D eigenvalue weighted by Gasteiger charge is -2.24. The van der Waals surface area contributed by atoms with Crippen molar-refractivity contribution in [1.29, 1.82) is 0 Å². The Labute approximate surface area is 87.9 Å². The normalized spacial score (nSPS) is 20.3. The summed E-state index contributed by atoms with van der Waals surface area (Å²) < 4.78 is 0. The molecule has 0 amide bonds. The first-order valence-corrected chi connectivity index (χ1v) is 4.71. The molecule has 0 saturated heterocycles. The van der Waals surface area contributed by atoms with Crippen LogP contribution in [0.15, 0.2) is 28.4 Å². The first-order valence-electron chi connectivity index (χ1n) is 4.71. The highest BCUT2D eigenvalue weighted by Gasteiger charge is 2.15. The predicted octanol–water partition coefficient (Wildman–Crippen LogP) is 0.0708. The van der Waals surface area contributed by atoms with Gasteiger partial charge in [0.2, 0.25) is 5.96 Å². The Hall–Kier alpha value is -1.98. The number of H-pyrrole nitrogens is 1. The van der Waals surface area contributed by atoms with Crippen LogP contribution in [0.2, 0.25) is 0 Å². The number of nitrogens with zero attached hydrogens (tertiary/aromatic N) is 3.